The van der Waals surface area contributed by atoms with Gasteiger partial charge in [-0.05, 0) is 42.9 Å². The van der Waals surface area contributed by atoms with E-state index in [1.807, 2.05) is 0 Å². The molecule has 30 heavy (non-hydrogen) atoms. The molecule has 2 aliphatic rings. The average Bonchev–Trinajstić information content (AvgIpc) is 3.14. The second kappa shape index (κ2) is 7.40. The van der Waals surface area contributed by atoms with Crippen molar-refractivity contribution >= 4 is 16.9 Å². The van der Waals surface area contributed by atoms with Crippen LogP contribution in [0.25, 0.3) is 11.2 Å². The quantitative estimate of drug-likeness (QED) is 0.514. The summed E-state index contributed by atoms with van der Waals surface area (Å²) >= 11 is 0. The van der Waals surface area contributed by atoms with Crippen LogP contribution in [0, 0.1) is 18.8 Å². The van der Waals surface area contributed by atoms with Gasteiger partial charge in [0.05, 0.1) is 6.33 Å². The fourth-order valence-corrected chi connectivity index (χ4v) is 4.03. The molecule has 1 aromatic carbocycles. The molecule has 1 aliphatic heterocycles. The van der Waals surface area contributed by atoms with Gasteiger partial charge in [0, 0.05) is 25.8 Å². The number of imidazole rings is 1. The van der Waals surface area contributed by atoms with Crippen LogP contribution in [0.5, 0.6) is 0 Å². The summed E-state index contributed by atoms with van der Waals surface area (Å²) in [5.41, 5.74) is 3.49. The van der Waals surface area contributed by atoms with Crippen molar-refractivity contribution in [3.05, 3.63) is 65.1 Å². The molecule has 0 N–H and O–H groups in total. The van der Waals surface area contributed by atoms with Crippen molar-refractivity contribution in [2.24, 2.45) is 18.9 Å². The van der Waals surface area contributed by atoms with Gasteiger partial charge in [-0.15, -0.1) is 0 Å². The van der Waals surface area contributed by atoms with E-state index in [0.29, 0.717) is 17.1 Å². The van der Waals surface area contributed by atoms with Gasteiger partial charge in [0.1, 0.15) is 12.9 Å². The van der Waals surface area contributed by atoms with Crippen LogP contribution in [0.1, 0.15) is 17.9 Å². The van der Waals surface area contributed by atoms with Crippen molar-refractivity contribution in [1.29, 1.82) is 0 Å². The first-order valence-electron chi connectivity index (χ1n) is 10.0. The van der Waals surface area contributed by atoms with Gasteiger partial charge in [-0.3, -0.25) is 9.36 Å². The van der Waals surface area contributed by atoms with Crippen LogP contribution in [0.15, 0.2) is 52.6 Å². The van der Waals surface area contributed by atoms with Crippen molar-refractivity contribution in [2.45, 2.75) is 19.9 Å². The lowest BCUT2D eigenvalue weighted by atomic mass is 10.2. The Bertz CT molecular complexity index is 1220. The van der Waals surface area contributed by atoms with E-state index in [0.717, 1.165) is 11.8 Å². The van der Waals surface area contributed by atoms with E-state index in [2.05, 4.69) is 56.2 Å². The Morgan fingerprint density at radius 1 is 1.13 bits per heavy atom. The van der Waals surface area contributed by atoms with Crippen LogP contribution in [0.2, 0.25) is 0 Å². The molecule has 4 aromatic rings. The third kappa shape index (κ3) is 3.58. The number of hydrogen-bond donors (Lipinski definition) is 0. The minimum absolute atomic E-state index is 0.187. The van der Waals surface area contributed by atoms with E-state index >= 15 is 0 Å². The molecule has 3 aromatic heterocycles. The Labute approximate surface area is 173 Å². The van der Waals surface area contributed by atoms with E-state index in [9.17, 15) is 4.79 Å². The van der Waals surface area contributed by atoms with E-state index in [-0.39, 0.29) is 12.1 Å². The molecule has 0 radical (unpaired) electrons. The van der Waals surface area contributed by atoms with Crippen LogP contribution in [0.4, 0.5) is 5.69 Å². The zero-order valence-electron chi connectivity index (χ0n) is 17.0. The van der Waals surface area contributed by atoms with E-state index < -0.39 is 0 Å². The van der Waals surface area contributed by atoms with E-state index in [1.54, 1.807) is 17.9 Å². The van der Waals surface area contributed by atoms with Gasteiger partial charge in [-0.2, -0.15) is 4.98 Å². The van der Waals surface area contributed by atoms with Crippen molar-refractivity contribution in [3.8, 4) is 0 Å². The van der Waals surface area contributed by atoms with Gasteiger partial charge in [-0.25, -0.2) is 9.97 Å². The minimum atomic E-state index is -0.187. The standard InChI is InChI=1S/C12H15N.C9H8N6O2/c1-9-3-2-4-12(5-9)13-7-10-6-11(10)8-13;1-14-4-11-8-7(14)9(16)15(5-12-8)2-6-10-3-13-17-6/h2-5,10-11H,6-8H2,1H3;3-5H,2H2,1H3/t10-,11+;. The topological polar surface area (TPSA) is 94.9 Å². The molecule has 6 rings (SSSR count). The molecule has 4 heterocycles. The molecule has 1 saturated carbocycles. The molecule has 2 fully saturated rings. The molecular weight excluding hydrogens is 382 g/mol. The Hall–Kier alpha value is -3.49. The predicted octanol–water partition coefficient (Wildman–Crippen LogP) is 2.01. The average molecular weight is 405 g/mol. The SMILES string of the molecule is Cc1cccc(N2C[C@H]3C[C@H]3C2)c1.Cn1cnc2ncn(Cc3ncno3)c(=O)c21. The highest BCUT2D eigenvalue weighted by molar-refractivity contribution is 5.68. The van der Waals surface area contributed by atoms with Gasteiger partial charge >= 0.3 is 0 Å². The summed E-state index contributed by atoms with van der Waals surface area (Å²) in [4.78, 5) is 26.6. The highest BCUT2D eigenvalue weighted by Crippen LogP contribution is 2.46. The molecule has 154 valence electrons. The number of fused-ring (bicyclic) bond motifs is 2. The Morgan fingerprint density at radius 2 is 1.93 bits per heavy atom. The Morgan fingerprint density at radius 3 is 2.67 bits per heavy atom. The summed E-state index contributed by atoms with van der Waals surface area (Å²) in [6, 6.07) is 8.86. The molecule has 1 aliphatic carbocycles. The smallest absolute Gasteiger partial charge is 0.280 e. The van der Waals surface area contributed by atoms with Crippen LogP contribution in [-0.4, -0.2) is 42.3 Å². The van der Waals surface area contributed by atoms with Crippen LogP contribution < -0.4 is 10.5 Å². The summed E-state index contributed by atoms with van der Waals surface area (Å²) in [7, 11) is 1.75. The molecule has 9 nitrogen and oxygen atoms in total. The minimum Gasteiger partial charge on any atom is -0.371 e. The maximum atomic E-state index is 12.1. The van der Waals surface area contributed by atoms with Crippen LogP contribution in [-0.2, 0) is 13.6 Å². The number of hydrogen-bond acceptors (Lipinski definition) is 7. The molecular formula is C21H23N7O2. The van der Waals surface area contributed by atoms with Crippen molar-refractivity contribution in [1.82, 2.24) is 29.2 Å². The summed E-state index contributed by atoms with van der Waals surface area (Å²) in [6.07, 6.45) is 5.75. The number of aromatic nitrogens is 6. The zero-order chi connectivity index (χ0) is 20.7. The largest absolute Gasteiger partial charge is 0.371 e. The second-order valence-electron chi connectivity index (χ2n) is 8.04. The number of nitrogens with zero attached hydrogens (tertiary/aromatic N) is 7. The van der Waals surface area contributed by atoms with Crippen LogP contribution >= 0.6 is 0 Å². The predicted molar refractivity (Wildman–Crippen MR) is 111 cm³/mol. The molecule has 2 atom stereocenters. The zero-order valence-corrected chi connectivity index (χ0v) is 17.0. The van der Waals surface area contributed by atoms with Gasteiger partial charge < -0.3 is 14.0 Å². The van der Waals surface area contributed by atoms with Gasteiger partial charge in [0.2, 0.25) is 5.89 Å². The third-order valence-corrected chi connectivity index (χ3v) is 5.76. The lowest BCUT2D eigenvalue weighted by Gasteiger charge is -2.20. The summed E-state index contributed by atoms with van der Waals surface area (Å²) < 4.78 is 7.88. The number of rotatable bonds is 3. The Balaban J connectivity index is 0.000000133. The summed E-state index contributed by atoms with van der Waals surface area (Å²) in [6.45, 7) is 4.97. The number of aryl methyl sites for hydroxylation is 2. The number of benzene rings is 1. The van der Waals surface area contributed by atoms with Crippen molar-refractivity contribution in [3.63, 3.8) is 0 Å². The van der Waals surface area contributed by atoms with Gasteiger partial charge in [0.15, 0.2) is 17.5 Å². The van der Waals surface area contributed by atoms with E-state index in [4.69, 9.17) is 4.52 Å². The highest BCUT2D eigenvalue weighted by atomic mass is 16.5. The first-order valence-corrected chi connectivity index (χ1v) is 10.0. The fraction of sp³-hybridized carbons (Fsp3) is 0.381. The molecule has 0 amide bonds. The highest BCUT2D eigenvalue weighted by Gasteiger charge is 2.44. The maximum absolute atomic E-state index is 12.1. The number of anilines is 1. The first kappa shape index (κ1) is 18.5. The molecule has 0 spiro atoms. The molecule has 0 unspecified atom stereocenters. The first-order chi connectivity index (χ1) is 14.6. The van der Waals surface area contributed by atoms with Gasteiger partial charge in [-0.1, -0.05) is 17.3 Å². The molecule has 0 bridgehead atoms. The second-order valence-corrected chi connectivity index (χ2v) is 8.04. The normalized spacial score (nSPS) is 19.5. The number of piperidine rings is 1. The molecule has 9 heteroatoms. The third-order valence-electron chi connectivity index (χ3n) is 5.76. The van der Waals surface area contributed by atoms with E-state index in [1.165, 1.54) is 48.0 Å². The van der Waals surface area contributed by atoms with Gasteiger partial charge in [0.25, 0.3) is 5.56 Å². The lowest BCUT2D eigenvalue weighted by molar-refractivity contribution is 0.368. The lowest BCUT2D eigenvalue weighted by Crippen LogP contribution is -2.22. The maximum Gasteiger partial charge on any atom is 0.280 e. The van der Waals surface area contributed by atoms with Crippen LogP contribution in [0.3, 0.4) is 0 Å². The van der Waals surface area contributed by atoms with Crippen molar-refractivity contribution in [2.75, 3.05) is 18.0 Å². The summed E-state index contributed by atoms with van der Waals surface area (Å²) in [5, 5.41) is 3.48. The Kier molecular flexibility index (Phi) is 4.57. The molecule has 1 saturated heterocycles. The monoisotopic (exact) mass is 405 g/mol. The van der Waals surface area contributed by atoms with Crippen molar-refractivity contribution < 1.29 is 4.52 Å². The fourth-order valence-electron chi connectivity index (χ4n) is 4.03. The summed E-state index contributed by atoms with van der Waals surface area (Å²) in [5.74, 6) is 2.41.